The van der Waals surface area contributed by atoms with Crippen molar-refractivity contribution in [1.82, 2.24) is 10.2 Å². The van der Waals surface area contributed by atoms with E-state index in [1.807, 2.05) is 39.5 Å². The number of para-hydroxylation sites is 1. The van der Waals surface area contributed by atoms with Crippen molar-refractivity contribution in [3.8, 4) is 6.57 Å². The Morgan fingerprint density at radius 2 is 1.75 bits per heavy atom. The van der Waals surface area contributed by atoms with Gasteiger partial charge in [0.1, 0.15) is 19.0 Å². The topological polar surface area (TPSA) is 152 Å². The molecule has 0 saturated carbocycles. The van der Waals surface area contributed by atoms with E-state index in [1.54, 1.807) is 25.1 Å². The SMILES string of the molecule is C#N.C=O.CC(=O)OCCN(C)CCNC(=O)OC(C)(C)C.Cc1ccccc1[N+](=O)[O-]. The molecule has 0 spiro atoms. The molecule has 0 aromatic heterocycles. The summed E-state index contributed by atoms with van der Waals surface area (Å²) in [5, 5.41) is 19.4. The minimum Gasteiger partial charge on any atom is -0.465 e. The Morgan fingerprint density at radius 3 is 2.16 bits per heavy atom. The van der Waals surface area contributed by atoms with Gasteiger partial charge in [-0.25, -0.2) is 10.1 Å². The molecule has 11 nitrogen and oxygen atoms in total. The van der Waals surface area contributed by atoms with Gasteiger partial charge in [0.15, 0.2) is 0 Å². The maximum atomic E-state index is 11.3. The molecule has 0 aliphatic carbocycles. The van der Waals surface area contributed by atoms with Gasteiger partial charge in [-0.3, -0.25) is 14.9 Å². The van der Waals surface area contributed by atoms with Crippen LogP contribution in [0.5, 0.6) is 0 Å². The number of alkyl carbamates (subject to hydrolysis) is 1. The number of aryl methyl sites for hydroxylation is 1. The van der Waals surface area contributed by atoms with Gasteiger partial charge >= 0.3 is 12.1 Å². The molecule has 1 N–H and O–H groups in total. The van der Waals surface area contributed by atoms with Gasteiger partial charge in [0.2, 0.25) is 0 Å². The van der Waals surface area contributed by atoms with E-state index in [-0.39, 0.29) is 16.6 Å². The number of carbonyl (C=O) groups is 3. The second kappa shape index (κ2) is 19.4. The number of nitriles is 1. The molecule has 0 unspecified atom stereocenters. The molecular weight excluding hydrogens is 420 g/mol. The summed E-state index contributed by atoms with van der Waals surface area (Å²) in [7, 11) is 1.89. The zero-order valence-corrected chi connectivity index (χ0v) is 19.6. The molecule has 0 radical (unpaired) electrons. The Balaban J connectivity index is -0.000000503. The van der Waals surface area contributed by atoms with Gasteiger partial charge in [0, 0.05) is 44.8 Å². The lowest BCUT2D eigenvalue weighted by Crippen LogP contribution is -2.37. The second-order valence-electron chi connectivity index (χ2n) is 7.12. The van der Waals surface area contributed by atoms with E-state index in [1.165, 1.54) is 13.0 Å². The number of likely N-dealkylation sites (N-methyl/N-ethyl adjacent to an activating group) is 1. The molecule has 0 saturated heterocycles. The molecule has 0 fully saturated rings. The van der Waals surface area contributed by atoms with Crippen molar-refractivity contribution in [3.63, 3.8) is 0 Å². The first-order valence-electron chi connectivity index (χ1n) is 9.46. The molecule has 0 heterocycles. The minimum absolute atomic E-state index is 0.183. The zero-order chi connectivity index (χ0) is 25.7. The van der Waals surface area contributed by atoms with Crippen LogP contribution in [-0.4, -0.2) is 67.6 Å². The van der Waals surface area contributed by atoms with Gasteiger partial charge in [0.25, 0.3) is 5.69 Å². The molecule has 1 aromatic carbocycles. The lowest BCUT2D eigenvalue weighted by molar-refractivity contribution is -0.385. The Kier molecular flexibility index (Phi) is 20.1. The summed E-state index contributed by atoms with van der Waals surface area (Å²) >= 11 is 0. The number of amides is 1. The molecule has 1 rings (SSSR count). The number of rotatable bonds is 7. The van der Waals surface area contributed by atoms with Crippen molar-refractivity contribution < 1.29 is 28.8 Å². The van der Waals surface area contributed by atoms with E-state index >= 15 is 0 Å². The van der Waals surface area contributed by atoms with Crippen molar-refractivity contribution in [2.24, 2.45) is 0 Å². The van der Waals surface area contributed by atoms with Crippen LogP contribution in [0.4, 0.5) is 10.5 Å². The third-order valence-electron chi connectivity index (χ3n) is 3.25. The van der Waals surface area contributed by atoms with Crippen LogP contribution in [0.15, 0.2) is 24.3 Å². The summed E-state index contributed by atoms with van der Waals surface area (Å²) < 4.78 is 9.91. The van der Waals surface area contributed by atoms with E-state index in [2.05, 4.69) is 11.9 Å². The summed E-state index contributed by atoms with van der Waals surface area (Å²) in [6.45, 7) is 16.2. The zero-order valence-electron chi connectivity index (χ0n) is 19.6. The molecule has 0 bridgehead atoms. The van der Waals surface area contributed by atoms with E-state index in [0.29, 0.717) is 31.8 Å². The van der Waals surface area contributed by atoms with Crippen LogP contribution in [0.2, 0.25) is 0 Å². The smallest absolute Gasteiger partial charge is 0.407 e. The van der Waals surface area contributed by atoms with Gasteiger partial charge in [-0.1, -0.05) is 18.2 Å². The number of esters is 1. The fraction of sp³-hybridized carbons (Fsp3) is 0.524. The van der Waals surface area contributed by atoms with E-state index in [0.717, 1.165) is 0 Å². The first kappa shape index (κ1) is 33.1. The van der Waals surface area contributed by atoms with Gasteiger partial charge in [-0.15, -0.1) is 0 Å². The van der Waals surface area contributed by atoms with Gasteiger partial charge in [-0.05, 0) is 34.7 Å². The predicted molar refractivity (Wildman–Crippen MR) is 120 cm³/mol. The Labute approximate surface area is 189 Å². The van der Waals surface area contributed by atoms with Gasteiger partial charge < -0.3 is 24.5 Å². The third-order valence-corrected chi connectivity index (χ3v) is 3.25. The maximum absolute atomic E-state index is 11.3. The monoisotopic (exact) mass is 454 g/mol. The predicted octanol–water partition coefficient (Wildman–Crippen LogP) is 2.86. The normalized spacial score (nSPS) is 9.41. The Morgan fingerprint density at radius 1 is 1.22 bits per heavy atom. The Bertz CT molecular complexity index is 703. The number of hydrogen-bond donors (Lipinski definition) is 1. The lowest BCUT2D eigenvalue weighted by Gasteiger charge is -2.21. The molecular formula is C21H34N4O7. The molecule has 0 atom stereocenters. The highest BCUT2D eigenvalue weighted by Gasteiger charge is 2.15. The van der Waals surface area contributed by atoms with Crippen molar-refractivity contribution in [2.45, 2.75) is 40.2 Å². The van der Waals surface area contributed by atoms with Crippen LogP contribution >= 0.6 is 0 Å². The first-order chi connectivity index (χ1) is 14.9. The summed E-state index contributed by atoms with van der Waals surface area (Å²) in [5.41, 5.74) is 0.403. The molecule has 1 amide bonds. The van der Waals surface area contributed by atoms with Crippen LogP contribution in [0.1, 0.15) is 33.3 Å². The molecule has 0 aliphatic rings. The van der Waals surface area contributed by atoms with Crippen molar-refractivity contribution in [1.29, 1.82) is 5.26 Å². The number of hydrogen-bond acceptors (Lipinski definition) is 9. The average molecular weight is 455 g/mol. The standard InChI is InChI=1S/C12H24N2O4.C7H7NO2.CHN.CH2O/c1-10(15)17-9-8-14(5)7-6-13-11(16)18-12(2,3)4;1-6-4-2-3-5-7(6)8(9)10;2*1-2/h6-9H2,1-5H3,(H,13,16);2-5H,1H3;1H;1H2. The molecule has 0 aliphatic heterocycles. The van der Waals surface area contributed by atoms with Crippen LogP contribution in [0, 0.1) is 28.9 Å². The van der Waals surface area contributed by atoms with Crippen LogP contribution in [0.3, 0.4) is 0 Å². The quantitative estimate of drug-likeness (QED) is 0.372. The van der Waals surface area contributed by atoms with Crippen LogP contribution < -0.4 is 5.32 Å². The minimum atomic E-state index is -0.481. The number of nitrogens with zero attached hydrogens (tertiary/aromatic N) is 3. The fourth-order valence-corrected chi connectivity index (χ4v) is 1.89. The number of nitrogens with one attached hydrogen (secondary N) is 1. The van der Waals surface area contributed by atoms with Gasteiger partial charge in [-0.2, -0.15) is 0 Å². The summed E-state index contributed by atoms with van der Waals surface area (Å²) in [6.07, 6.45) is -0.420. The highest BCUT2D eigenvalue weighted by atomic mass is 16.6. The number of nitro groups is 1. The molecule has 11 heteroatoms. The van der Waals surface area contributed by atoms with Gasteiger partial charge in [0.05, 0.1) is 4.92 Å². The summed E-state index contributed by atoms with van der Waals surface area (Å²) in [4.78, 5) is 41.7. The van der Waals surface area contributed by atoms with Crippen LogP contribution in [-0.2, 0) is 19.1 Å². The average Bonchev–Trinajstić information content (AvgIpc) is 2.70. The van der Waals surface area contributed by atoms with Crippen molar-refractivity contribution in [2.75, 3.05) is 33.3 Å². The fourth-order valence-electron chi connectivity index (χ4n) is 1.89. The maximum Gasteiger partial charge on any atom is 0.407 e. The van der Waals surface area contributed by atoms with E-state index in [9.17, 15) is 19.7 Å². The van der Waals surface area contributed by atoms with E-state index < -0.39 is 11.7 Å². The Hall–Kier alpha value is -3.52. The molecule has 32 heavy (non-hydrogen) atoms. The summed E-state index contributed by atoms with van der Waals surface area (Å²) in [5.74, 6) is -0.282. The van der Waals surface area contributed by atoms with E-state index in [4.69, 9.17) is 19.5 Å². The first-order valence-corrected chi connectivity index (χ1v) is 9.46. The number of ether oxygens (including phenoxy) is 2. The highest BCUT2D eigenvalue weighted by Crippen LogP contribution is 2.14. The van der Waals surface area contributed by atoms with Crippen molar-refractivity contribution in [3.05, 3.63) is 39.9 Å². The number of nitro benzene ring substituents is 1. The van der Waals surface area contributed by atoms with Crippen LogP contribution in [0.25, 0.3) is 0 Å². The largest absolute Gasteiger partial charge is 0.465 e. The molecule has 180 valence electrons. The highest BCUT2D eigenvalue weighted by molar-refractivity contribution is 5.67. The third kappa shape index (κ3) is 21.2. The number of benzene rings is 1. The molecule has 1 aromatic rings. The van der Waals surface area contributed by atoms with Crippen molar-refractivity contribution >= 4 is 24.5 Å². The summed E-state index contributed by atoms with van der Waals surface area (Å²) in [6, 6.07) is 6.65. The lowest BCUT2D eigenvalue weighted by atomic mass is 10.2. The second-order valence-corrected chi connectivity index (χ2v) is 7.12. The number of carbonyl (C=O) groups excluding carboxylic acids is 3.